The number of aromatic nitrogens is 2. The molecule has 0 aliphatic carbocycles. The molecule has 1 aromatic heterocycles. The summed E-state index contributed by atoms with van der Waals surface area (Å²) in [5.74, 6) is -0.511. The van der Waals surface area contributed by atoms with Gasteiger partial charge in [0, 0.05) is 16.2 Å². The van der Waals surface area contributed by atoms with E-state index in [4.69, 9.17) is 0 Å². The van der Waals surface area contributed by atoms with E-state index in [-0.39, 0.29) is 17.0 Å². The van der Waals surface area contributed by atoms with Gasteiger partial charge in [0.25, 0.3) is 5.56 Å². The molecule has 3 rings (SSSR count). The lowest BCUT2D eigenvalue weighted by Gasteiger charge is -2.07. The van der Waals surface area contributed by atoms with Gasteiger partial charge in [0.05, 0.1) is 11.4 Å². The Labute approximate surface area is 175 Å². The molecular formula is C20H16IN5O2. The molecule has 2 aromatic carbocycles. The number of nitriles is 1. The Morgan fingerprint density at radius 1 is 1.14 bits per heavy atom. The van der Waals surface area contributed by atoms with E-state index in [1.54, 1.807) is 49.0 Å². The summed E-state index contributed by atoms with van der Waals surface area (Å²) in [5.41, 5.74) is 3.85. The third-order valence-corrected chi connectivity index (χ3v) is 4.98. The highest BCUT2D eigenvalue weighted by Crippen LogP contribution is 2.14. The summed E-state index contributed by atoms with van der Waals surface area (Å²) in [5, 5.41) is 13.2. The minimum Gasteiger partial charge on any atom is -0.286 e. The number of anilines is 1. The zero-order valence-corrected chi connectivity index (χ0v) is 17.3. The monoisotopic (exact) mass is 485 g/mol. The Morgan fingerprint density at radius 2 is 1.79 bits per heavy atom. The first-order valence-corrected chi connectivity index (χ1v) is 9.40. The number of halogens is 1. The van der Waals surface area contributed by atoms with Crippen molar-refractivity contribution in [3.8, 4) is 11.8 Å². The smallest absolute Gasteiger partial charge is 0.286 e. The number of hydrazone groups is 1. The molecule has 1 heterocycles. The predicted molar refractivity (Wildman–Crippen MR) is 116 cm³/mol. The predicted octanol–water partition coefficient (Wildman–Crippen LogP) is 3.26. The average Bonchev–Trinajstić information content (AvgIpc) is 2.92. The van der Waals surface area contributed by atoms with Crippen LogP contribution in [0.5, 0.6) is 0 Å². The first-order valence-electron chi connectivity index (χ1n) is 8.32. The summed E-state index contributed by atoms with van der Waals surface area (Å²) < 4.78 is 4.15. The van der Waals surface area contributed by atoms with Gasteiger partial charge in [-0.3, -0.25) is 19.7 Å². The van der Waals surface area contributed by atoms with Crippen LogP contribution in [0.3, 0.4) is 0 Å². The van der Waals surface area contributed by atoms with Gasteiger partial charge < -0.3 is 0 Å². The Bertz CT molecular complexity index is 1150. The number of benzene rings is 2. The topological polar surface area (TPSA) is 92.2 Å². The molecule has 0 fully saturated rings. The Balaban J connectivity index is 1.95. The van der Waals surface area contributed by atoms with Crippen LogP contribution in [0.25, 0.3) is 5.69 Å². The molecule has 0 saturated carbocycles. The minimum atomic E-state index is -0.511. The lowest BCUT2D eigenvalue weighted by molar-refractivity contribution is 0.106. The van der Waals surface area contributed by atoms with Crippen LogP contribution < -0.4 is 11.0 Å². The molecule has 7 nitrogen and oxygen atoms in total. The number of ketones is 1. The van der Waals surface area contributed by atoms with Crippen LogP contribution >= 0.6 is 22.6 Å². The van der Waals surface area contributed by atoms with Crippen molar-refractivity contribution >= 4 is 39.8 Å². The van der Waals surface area contributed by atoms with Crippen molar-refractivity contribution in [2.24, 2.45) is 12.1 Å². The van der Waals surface area contributed by atoms with E-state index in [1.807, 2.05) is 30.3 Å². The van der Waals surface area contributed by atoms with E-state index in [0.29, 0.717) is 16.9 Å². The lowest BCUT2D eigenvalue weighted by Crippen LogP contribution is -2.21. The third kappa shape index (κ3) is 3.75. The summed E-state index contributed by atoms with van der Waals surface area (Å²) in [7, 11) is 1.75. The average molecular weight is 485 g/mol. The van der Waals surface area contributed by atoms with Crippen molar-refractivity contribution in [3.05, 3.63) is 79.8 Å². The number of carbonyl (C=O) groups excluding carboxylic acids is 1. The van der Waals surface area contributed by atoms with Crippen LogP contribution in [-0.2, 0) is 7.05 Å². The zero-order chi connectivity index (χ0) is 20.3. The minimum absolute atomic E-state index is 0.203. The summed E-state index contributed by atoms with van der Waals surface area (Å²) in [4.78, 5) is 25.3. The van der Waals surface area contributed by atoms with Gasteiger partial charge in [-0.15, -0.1) is 0 Å². The molecule has 0 spiro atoms. The van der Waals surface area contributed by atoms with Gasteiger partial charge in [0.2, 0.25) is 11.5 Å². The summed E-state index contributed by atoms with van der Waals surface area (Å²) in [6.45, 7) is 1.76. The number of nitrogens with one attached hydrogen (secondary N) is 1. The molecule has 0 saturated heterocycles. The number of rotatable bonds is 5. The van der Waals surface area contributed by atoms with E-state index in [9.17, 15) is 14.9 Å². The first kappa shape index (κ1) is 19.6. The van der Waals surface area contributed by atoms with Crippen LogP contribution in [0.4, 0.5) is 5.69 Å². The van der Waals surface area contributed by atoms with Gasteiger partial charge in [-0.1, -0.05) is 18.2 Å². The van der Waals surface area contributed by atoms with E-state index in [2.05, 4.69) is 33.1 Å². The molecule has 140 valence electrons. The SMILES string of the molecule is Cc1c(NN=C(C#N)C(=O)c2ccc(I)cc2)c(=O)n(-c2ccccc2)n1C. The summed E-state index contributed by atoms with van der Waals surface area (Å²) in [6, 6.07) is 17.8. The fraction of sp³-hybridized carbons (Fsp3) is 0.100. The second-order valence-electron chi connectivity index (χ2n) is 5.96. The lowest BCUT2D eigenvalue weighted by atomic mass is 10.1. The fourth-order valence-electron chi connectivity index (χ4n) is 2.67. The number of nitrogens with zero attached hydrogens (tertiary/aromatic N) is 4. The first-order chi connectivity index (χ1) is 13.4. The molecule has 1 N–H and O–H groups in total. The van der Waals surface area contributed by atoms with E-state index in [0.717, 1.165) is 3.57 Å². The number of para-hydroxylation sites is 1. The van der Waals surface area contributed by atoms with Crippen LogP contribution in [0.1, 0.15) is 16.1 Å². The Kier molecular flexibility index (Phi) is 5.75. The highest BCUT2D eigenvalue weighted by atomic mass is 127. The van der Waals surface area contributed by atoms with E-state index < -0.39 is 5.78 Å². The molecular weight excluding hydrogens is 469 g/mol. The van der Waals surface area contributed by atoms with Gasteiger partial charge >= 0.3 is 0 Å². The van der Waals surface area contributed by atoms with Crippen molar-refractivity contribution < 1.29 is 4.79 Å². The van der Waals surface area contributed by atoms with Gasteiger partial charge in [-0.2, -0.15) is 10.4 Å². The van der Waals surface area contributed by atoms with Crippen LogP contribution in [0.2, 0.25) is 0 Å². The van der Waals surface area contributed by atoms with Crippen molar-refractivity contribution in [1.82, 2.24) is 9.36 Å². The Morgan fingerprint density at radius 3 is 2.39 bits per heavy atom. The number of hydrogen-bond donors (Lipinski definition) is 1. The third-order valence-electron chi connectivity index (χ3n) is 4.26. The highest BCUT2D eigenvalue weighted by molar-refractivity contribution is 14.1. The van der Waals surface area contributed by atoms with Crippen LogP contribution in [0.15, 0.2) is 64.5 Å². The molecule has 8 heteroatoms. The van der Waals surface area contributed by atoms with Crippen LogP contribution in [-0.4, -0.2) is 20.9 Å². The largest absolute Gasteiger partial charge is 0.296 e. The van der Waals surface area contributed by atoms with Crippen molar-refractivity contribution in [2.45, 2.75) is 6.92 Å². The number of Topliss-reactive ketones (excluding diaryl/α,β-unsaturated/α-hetero) is 1. The maximum Gasteiger partial charge on any atom is 0.296 e. The van der Waals surface area contributed by atoms with Gasteiger partial charge in [-0.05, 0) is 65.9 Å². The Hall–Kier alpha value is -3.19. The molecule has 0 bridgehead atoms. The molecule has 3 aromatic rings. The second-order valence-corrected chi connectivity index (χ2v) is 7.20. The van der Waals surface area contributed by atoms with Gasteiger partial charge in [0.1, 0.15) is 11.8 Å². The van der Waals surface area contributed by atoms with Crippen molar-refractivity contribution in [3.63, 3.8) is 0 Å². The number of carbonyl (C=O) groups is 1. The summed E-state index contributed by atoms with van der Waals surface area (Å²) >= 11 is 2.13. The quantitative estimate of drug-likeness (QED) is 0.260. The van der Waals surface area contributed by atoms with Gasteiger partial charge in [0.15, 0.2) is 0 Å². The molecule has 28 heavy (non-hydrogen) atoms. The van der Waals surface area contributed by atoms with E-state index >= 15 is 0 Å². The molecule has 0 amide bonds. The maximum absolute atomic E-state index is 12.8. The van der Waals surface area contributed by atoms with Crippen LogP contribution in [0, 0.1) is 21.8 Å². The highest BCUT2D eigenvalue weighted by Gasteiger charge is 2.18. The molecule has 0 unspecified atom stereocenters. The van der Waals surface area contributed by atoms with Crippen molar-refractivity contribution in [1.29, 1.82) is 5.26 Å². The maximum atomic E-state index is 12.8. The molecule has 0 atom stereocenters. The normalized spacial score (nSPS) is 11.1. The van der Waals surface area contributed by atoms with Gasteiger partial charge in [-0.25, -0.2) is 4.68 Å². The number of hydrogen-bond acceptors (Lipinski definition) is 5. The molecule has 0 radical (unpaired) electrons. The standard InChI is InChI=1S/C20H16IN5O2/c1-13-18(20(28)26(25(13)2)16-6-4-3-5-7-16)24-23-17(12-22)19(27)14-8-10-15(21)11-9-14/h3-11,24H,1-2H3. The summed E-state index contributed by atoms with van der Waals surface area (Å²) in [6.07, 6.45) is 0. The molecule has 0 aliphatic rings. The van der Waals surface area contributed by atoms with E-state index in [1.165, 1.54) is 4.68 Å². The fourth-order valence-corrected chi connectivity index (χ4v) is 3.03. The molecule has 0 aliphatic heterocycles. The second kappa shape index (κ2) is 8.22. The zero-order valence-electron chi connectivity index (χ0n) is 15.2. The van der Waals surface area contributed by atoms with Crippen molar-refractivity contribution in [2.75, 3.05) is 5.43 Å².